The second kappa shape index (κ2) is 6.22. The van der Waals surface area contributed by atoms with Crippen LogP contribution in [-0.2, 0) is 11.3 Å². The van der Waals surface area contributed by atoms with Gasteiger partial charge in [0.25, 0.3) is 0 Å². The lowest BCUT2D eigenvalue weighted by Gasteiger charge is -2.39. The number of carbonyl (C=O) groups is 1. The molecule has 0 saturated carbocycles. The molecule has 0 aromatic heterocycles. The van der Waals surface area contributed by atoms with Gasteiger partial charge in [0.2, 0.25) is 0 Å². The van der Waals surface area contributed by atoms with Crippen LogP contribution >= 0.6 is 15.9 Å². The van der Waals surface area contributed by atoms with Crippen LogP contribution in [0.3, 0.4) is 0 Å². The van der Waals surface area contributed by atoms with Crippen LogP contribution in [0, 0.1) is 11.2 Å². The number of piperidine rings is 1. The first-order valence-corrected chi connectivity index (χ1v) is 7.66. The highest BCUT2D eigenvalue weighted by Gasteiger charge is 2.40. The highest BCUT2D eigenvalue weighted by atomic mass is 79.9. The Bertz CT molecular complexity index is 509. The minimum atomic E-state index is -0.706. The first-order chi connectivity index (χ1) is 9.47. The third kappa shape index (κ3) is 3.20. The molecule has 1 heterocycles. The molecule has 1 unspecified atom stereocenters. The van der Waals surface area contributed by atoms with Gasteiger partial charge in [-0.2, -0.15) is 0 Å². The summed E-state index contributed by atoms with van der Waals surface area (Å²) in [6, 6.07) is 4.64. The van der Waals surface area contributed by atoms with Crippen LogP contribution in [-0.4, -0.2) is 29.1 Å². The number of carboxylic acids is 1. The van der Waals surface area contributed by atoms with Crippen molar-refractivity contribution in [2.24, 2.45) is 5.41 Å². The maximum Gasteiger partial charge on any atom is 0.310 e. The maximum absolute atomic E-state index is 13.1. The molecule has 1 saturated heterocycles. The third-order valence-electron chi connectivity index (χ3n) is 4.20. The van der Waals surface area contributed by atoms with Crippen molar-refractivity contribution in [3.63, 3.8) is 0 Å². The topological polar surface area (TPSA) is 40.5 Å². The maximum atomic E-state index is 13.1. The molecule has 0 spiro atoms. The zero-order chi connectivity index (χ0) is 14.8. The fourth-order valence-electron chi connectivity index (χ4n) is 2.87. The molecule has 20 heavy (non-hydrogen) atoms. The number of nitrogens with zero attached hydrogens (tertiary/aromatic N) is 1. The summed E-state index contributed by atoms with van der Waals surface area (Å²) in [6.07, 6.45) is 2.27. The number of carboxylic acid groups (broad SMARTS) is 1. The van der Waals surface area contributed by atoms with Gasteiger partial charge in [0.15, 0.2) is 0 Å². The number of hydrogen-bond acceptors (Lipinski definition) is 2. The third-order valence-corrected chi connectivity index (χ3v) is 4.93. The minimum absolute atomic E-state index is 0.271. The lowest BCUT2D eigenvalue weighted by Crippen LogP contribution is -2.47. The van der Waals surface area contributed by atoms with E-state index in [4.69, 9.17) is 0 Å². The summed E-state index contributed by atoms with van der Waals surface area (Å²) in [5.41, 5.74) is 0.355. The molecule has 0 aliphatic carbocycles. The van der Waals surface area contributed by atoms with Gasteiger partial charge in [-0.25, -0.2) is 4.39 Å². The lowest BCUT2D eigenvalue weighted by atomic mass is 9.77. The summed E-state index contributed by atoms with van der Waals surface area (Å²) in [7, 11) is 0. The van der Waals surface area contributed by atoms with Crippen molar-refractivity contribution < 1.29 is 14.3 Å². The van der Waals surface area contributed by atoms with Gasteiger partial charge in [-0.3, -0.25) is 9.69 Å². The molecule has 0 amide bonds. The second-order valence-electron chi connectivity index (χ2n) is 5.49. The van der Waals surface area contributed by atoms with Gasteiger partial charge in [0.05, 0.1) is 5.41 Å². The number of likely N-dealkylation sites (tertiary alicyclic amines) is 1. The molecule has 3 nitrogen and oxygen atoms in total. The molecule has 5 heteroatoms. The smallest absolute Gasteiger partial charge is 0.310 e. The van der Waals surface area contributed by atoms with Crippen molar-refractivity contribution in [3.8, 4) is 0 Å². The van der Waals surface area contributed by atoms with Crippen LogP contribution in [0.1, 0.15) is 31.7 Å². The Morgan fingerprint density at radius 2 is 2.30 bits per heavy atom. The van der Waals surface area contributed by atoms with Crippen molar-refractivity contribution in [3.05, 3.63) is 34.1 Å². The average Bonchev–Trinajstić information content (AvgIpc) is 2.42. The Labute approximate surface area is 126 Å². The van der Waals surface area contributed by atoms with E-state index in [9.17, 15) is 14.3 Å². The van der Waals surface area contributed by atoms with Crippen LogP contribution in [0.5, 0.6) is 0 Å². The predicted octanol–water partition coefficient (Wildman–Crippen LogP) is 3.67. The van der Waals surface area contributed by atoms with Crippen molar-refractivity contribution in [1.29, 1.82) is 0 Å². The lowest BCUT2D eigenvalue weighted by molar-refractivity contribution is -0.153. The summed E-state index contributed by atoms with van der Waals surface area (Å²) < 4.78 is 13.8. The highest BCUT2D eigenvalue weighted by Crippen LogP contribution is 2.34. The summed E-state index contributed by atoms with van der Waals surface area (Å²) in [6.45, 7) is 4.03. The van der Waals surface area contributed by atoms with Crippen molar-refractivity contribution >= 4 is 21.9 Å². The second-order valence-corrected chi connectivity index (χ2v) is 6.34. The first kappa shape index (κ1) is 15.4. The SMILES string of the molecule is CCC1(C(=O)O)CCCN(Cc2ccc(F)cc2Br)C1. The van der Waals surface area contributed by atoms with Crippen LogP contribution in [0.25, 0.3) is 0 Å². The van der Waals surface area contributed by atoms with E-state index in [0.717, 1.165) is 29.4 Å². The van der Waals surface area contributed by atoms with Gasteiger partial charge >= 0.3 is 5.97 Å². The van der Waals surface area contributed by atoms with E-state index in [0.29, 0.717) is 19.5 Å². The molecular formula is C15H19BrFNO2. The Morgan fingerprint density at radius 3 is 2.90 bits per heavy atom. The molecule has 1 atom stereocenters. The molecule has 1 aliphatic heterocycles. The normalized spacial score (nSPS) is 23.8. The number of rotatable bonds is 4. The zero-order valence-corrected chi connectivity index (χ0v) is 13.1. The highest BCUT2D eigenvalue weighted by molar-refractivity contribution is 9.10. The van der Waals surface area contributed by atoms with Crippen LogP contribution in [0.2, 0.25) is 0 Å². The van der Waals surface area contributed by atoms with Gasteiger partial charge in [-0.1, -0.05) is 28.9 Å². The van der Waals surface area contributed by atoms with Crippen molar-refractivity contribution in [1.82, 2.24) is 4.90 Å². The van der Waals surface area contributed by atoms with Gasteiger partial charge < -0.3 is 5.11 Å². The molecule has 1 fully saturated rings. The van der Waals surface area contributed by atoms with E-state index in [1.165, 1.54) is 12.1 Å². The van der Waals surface area contributed by atoms with Crippen molar-refractivity contribution in [2.75, 3.05) is 13.1 Å². The molecule has 1 aromatic rings. The van der Waals surface area contributed by atoms with Crippen LogP contribution < -0.4 is 0 Å². The molecule has 0 radical (unpaired) electrons. The number of benzene rings is 1. The monoisotopic (exact) mass is 343 g/mol. The average molecular weight is 344 g/mol. The van der Waals surface area contributed by atoms with Gasteiger partial charge in [-0.15, -0.1) is 0 Å². The van der Waals surface area contributed by atoms with E-state index in [-0.39, 0.29) is 5.82 Å². The van der Waals surface area contributed by atoms with Crippen LogP contribution in [0.4, 0.5) is 4.39 Å². The molecule has 1 aromatic carbocycles. The van der Waals surface area contributed by atoms with Crippen LogP contribution in [0.15, 0.2) is 22.7 Å². The number of halogens is 2. The zero-order valence-electron chi connectivity index (χ0n) is 11.5. The molecule has 0 bridgehead atoms. The minimum Gasteiger partial charge on any atom is -0.481 e. The molecule has 1 N–H and O–H groups in total. The van der Waals surface area contributed by atoms with E-state index in [1.54, 1.807) is 6.07 Å². The molecule has 110 valence electrons. The number of hydrogen-bond donors (Lipinski definition) is 1. The van der Waals surface area contributed by atoms with E-state index in [2.05, 4.69) is 20.8 Å². The Balaban J connectivity index is 2.11. The van der Waals surface area contributed by atoms with Gasteiger partial charge in [-0.05, 0) is 43.5 Å². The summed E-state index contributed by atoms with van der Waals surface area (Å²) >= 11 is 3.37. The summed E-state index contributed by atoms with van der Waals surface area (Å²) in [5.74, 6) is -0.976. The fourth-order valence-corrected chi connectivity index (χ4v) is 3.34. The molecule has 1 aliphatic rings. The van der Waals surface area contributed by atoms with E-state index < -0.39 is 11.4 Å². The van der Waals surface area contributed by atoms with E-state index in [1.807, 2.05) is 6.92 Å². The Morgan fingerprint density at radius 1 is 1.55 bits per heavy atom. The largest absolute Gasteiger partial charge is 0.481 e. The van der Waals surface area contributed by atoms with Gasteiger partial charge in [0.1, 0.15) is 5.82 Å². The predicted molar refractivity (Wildman–Crippen MR) is 79.0 cm³/mol. The first-order valence-electron chi connectivity index (χ1n) is 6.86. The molecule has 2 rings (SSSR count). The fraction of sp³-hybridized carbons (Fsp3) is 0.533. The van der Waals surface area contributed by atoms with Crippen molar-refractivity contribution in [2.45, 2.75) is 32.7 Å². The Kier molecular flexibility index (Phi) is 4.81. The van der Waals surface area contributed by atoms with Gasteiger partial charge in [0, 0.05) is 17.6 Å². The molecular weight excluding hydrogens is 325 g/mol. The quantitative estimate of drug-likeness (QED) is 0.906. The summed E-state index contributed by atoms with van der Waals surface area (Å²) in [5, 5.41) is 9.48. The Hall–Kier alpha value is -0.940. The number of aliphatic carboxylic acids is 1. The van der Waals surface area contributed by atoms with E-state index >= 15 is 0 Å². The standard InChI is InChI=1S/C15H19BrFNO2/c1-2-15(14(19)20)6-3-7-18(10-15)9-11-4-5-12(17)8-13(11)16/h4-5,8H,2-3,6-7,9-10H2,1H3,(H,19,20). The summed E-state index contributed by atoms with van der Waals surface area (Å²) in [4.78, 5) is 13.7.